The maximum absolute atomic E-state index is 12.9. The Balaban J connectivity index is 1.83. The van der Waals surface area contributed by atoms with Crippen LogP contribution in [0.5, 0.6) is 0 Å². The molecule has 0 saturated carbocycles. The summed E-state index contributed by atoms with van der Waals surface area (Å²) in [5.41, 5.74) is 10.1. The summed E-state index contributed by atoms with van der Waals surface area (Å²) < 4.78 is 7.30. The normalized spacial score (nSPS) is 11.5. The minimum absolute atomic E-state index is 0.265. The molecule has 0 aliphatic rings. The number of aromatic nitrogens is 3. The Kier molecular flexibility index (Phi) is 5.59. The van der Waals surface area contributed by atoms with Gasteiger partial charge in [-0.25, -0.2) is 14.8 Å². The standard InChI is InChI=1S/C23H23ClN4O2/c1-14(2)11-12-30-23(29)19-20-22(27-18-6-4-3-5-17(18)26-20)28(21(19)25)13-15-7-9-16(24)10-8-15/h3-10,14H,11-13,25H2,1-2H3. The number of carbonyl (C=O) groups excluding carboxylic acids is 1. The Bertz CT molecular complexity index is 1220. The number of halogens is 1. The van der Waals surface area contributed by atoms with E-state index in [1.807, 2.05) is 48.5 Å². The third-order valence-corrected chi connectivity index (χ3v) is 5.23. The van der Waals surface area contributed by atoms with Crippen LogP contribution in [0.3, 0.4) is 0 Å². The van der Waals surface area contributed by atoms with Crippen LogP contribution in [-0.4, -0.2) is 27.1 Å². The molecule has 7 heteroatoms. The van der Waals surface area contributed by atoms with Gasteiger partial charge in [-0.2, -0.15) is 0 Å². The number of ether oxygens (including phenoxy) is 1. The van der Waals surface area contributed by atoms with Gasteiger partial charge in [-0.3, -0.25) is 0 Å². The SMILES string of the molecule is CC(C)CCOC(=O)c1c(N)n(Cc2ccc(Cl)cc2)c2nc3ccccc3nc12. The van der Waals surface area contributed by atoms with Gasteiger partial charge in [0.25, 0.3) is 0 Å². The molecule has 0 radical (unpaired) electrons. The van der Waals surface area contributed by atoms with E-state index in [4.69, 9.17) is 32.0 Å². The zero-order chi connectivity index (χ0) is 21.3. The molecule has 2 N–H and O–H groups in total. The molecule has 0 spiro atoms. The third kappa shape index (κ3) is 3.96. The highest BCUT2D eigenvalue weighted by Crippen LogP contribution is 2.29. The minimum Gasteiger partial charge on any atom is -0.462 e. The van der Waals surface area contributed by atoms with Crippen molar-refractivity contribution in [2.45, 2.75) is 26.8 Å². The van der Waals surface area contributed by atoms with Gasteiger partial charge < -0.3 is 15.0 Å². The Morgan fingerprint density at radius 2 is 1.77 bits per heavy atom. The fraction of sp³-hybridized carbons (Fsp3) is 0.261. The Morgan fingerprint density at radius 3 is 2.43 bits per heavy atom. The van der Waals surface area contributed by atoms with Crippen molar-refractivity contribution in [3.63, 3.8) is 0 Å². The van der Waals surface area contributed by atoms with Crippen molar-refractivity contribution in [1.82, 2.24) is 14.5 Å². The number of hydrogen-bond donors (Lipinski definition) is 1. The van der Waals surface area contributed by atoms with Gasteiger partial charge in [0.15, 0.2) is 5.65 Å². The van der Waals surface area contributed by atoms with Crippen LogP contribution in [0.15, 0.2) is 48.5 Å². The van der Waals surface area contributed by atoms with Gasteiger partial charge in [0.1, 0.15) is 16.9 Å². The fourth-order valence-electron chi connectivity index (χ4n) is 3.31. The lowest BCUT2D eigenvalue weighted by molar-refractivity contribution is 0.0491. The van der Waals surface area contributed by atoms with Crippen LogP contribution in [0.1, 0.15) is 36.2 Å². The quantitative estimate of drug-likeness (QED) is 0.438. The van der Waals surface area contributed by atoms with Gasteiger partial charge in [-0.15, -0.1) is 0 Å². The zero-order valence-electron chi connectivity index (χ0n) is 16.9. The lowest BCUT2D eigenvalue weighted by Crippen LogP contribution is -2.12. The summed E-state index contributed by atoms with van der Waals surface area (Å²) >= 11 is 6.01. The average molecular weight is 423 g/mol. The molecule has 6 nitrogen and oxygen atoms in total. The van der Waals surface area contributed by atoms with Crippen LogP contribution in [0, 0.1) is 5.92 Å². The number of para-hydroxylation sites is 2. The van der Waals surface area contributed by atoms with E-state index < -0.39 is 5.97 Å². The first-order chi connectivity index (χ1) is 14.4. The Labute approximate surface area is 179 Å². The number of nitrogens with zero attached hydrogens (tertiary/aromatic N) is 3. The summed E-state index contributed by atoms with van der Waals surface area (Å²) in [5, 5.41) is 0.657. The first-order valence-electron chi connectivity index (χ1n) is 9.90. The predicted molar refractivity (Wildman–Crippen MR) is 120 cm³/mol. The van der Waals surface area contributed by atoms with Crippen LogP contribution in [0.2, 0.25) is 5.02 Å². The Hall–Kier alpha value is -3.12. The smallest absolute Gasteiger partial charge is 0.344 e. The van der Waals surface area contributed by atoms with E-state index >= 15 is 0 Å². The van der Waals surface area contributed by atoms with Crippen molar-refractivity contribution >= 4 is 45.6 Å². The zero-order valence-corrected chi connectivity index (χ0v) is 17.7. The van der Waals surface area contributed by atoms with E-state index in [0.717, 1.165) is 17.5 Å². The average Bonchev–Trinajstić information content (AvgIpc) is 2.98. The number of nitrogens with two attached hydrogens (primary N) is 1. The highest BCUT2D eigenvalue weighted by molar-refractivity contribution is 6.30. The van der Waals surface area contributed by atoms with Crippen LogP contribution >= 0.6 is 11.6 Å². The molecule has 0 saturated heterocycles. The second-order valence-electron chi connectivity index (χ2n) is 7.68. The largest absolute Gasteiger partial charge is 0.462 e. The number of carbonyl (C=O) groups is 1. The van der Waals surface area contributed by atoms with Crippen LogP contribution in [-0.2, 0) is 11.3 Å². The lowest BCUT2D eigenvalue weighted by atomic mass is 10.1. The van der Waals surface area contributed by atoms with E-state index in [1.165, 1.54) is 0 Å². The molecule has 4 aromatic rings. The Morgan fingerprint density at radius 1 is 1.10 bits per heavy atom. The van der Waals surface area contributed by atoms with E-state index in [1.54, 1.807) is 4.57 Å². The van der Waals surface area contributed by atoms with E-state index in [0.29, 0.717) is 46.6 Å². The topological polar surface area (TPSA) is 83.0 Å². The second-order valence-corrected chi connectivity index (χ2v) is 8.11. The molecule has 0 fully saturated rings. The van der Waals surface area contributed by atoms with E-state index in [2.05, 4.69) is 13.8 Å². The van der Waals surface area contributed by atoms with Crippen LogP contribution < -0.4 is 5.73 Å². The molecule has 0 aliphatic carbocycles. The molecule has 2 aromatic carbocycles. The van der Waals surface area contributed by atoms with Crippen molar-refractivity contribution in [3.05, 3.63) is 64.7 Å². The molecule has 154 valence electrons. The summed E-state index contributed by atoms with van der Waals surface area (Å²) in [4.78, 5) is 22.4. The lowest BCUT2D eigenvalue weighted by Gasteiger charge is -2.09. The molecular formula is C23H23ClN4O2. The number of benzene rings is 2. The maximum Gasteiger partial charge on any atom is 0.344 e. The predicted octanol–water partition coefficient (Wildman–Crippen LogP) is 5.07. The van der Waals surface area contributed by atoms with Crippen molar-refractivity contribution in [1.29, 1.82) is 0 Å². The number of fused-ring (bicyclic) bond motifs is 2. The number of hydrogen-bond acceptors (Lipinski definition) is 5. The molecule has 0 aliphatic heterocycles. The van der Waals surface area contributed by atoms with E-state index in [9.17, 15) is 4.79 Å². The molecule has 4 rings (SSSR count). The molecule has 30 heavy (non-hydrogen) atoms. The molecular weight excluding hydrogens is 400 g/mol. The summed E-state index contributed by atoms with van der Waals surface area (Å²) in [6, 6.07) is 15.0. The highest BCUT2D eigenvalue weighted by atomic mass is 35.5. The summed E-state index contributed by atoms with van der Waals surface area (Å²) in [5.74, 6) is 0.257. The fourth-order valence-corrected chi connectivity index (χ4v) is 3.44. The van der Waals surface area contributed by atoms with Gasteiger partial charge in [0.2, 0.25) is 0 Å². The highest BCUT2D eigenvalue weighted by Gasteiger charge is 2.25. The molecule has 0 unspecified atom stereocenters. The van der Waals surface area contributed by atoms with Crippen LogP contribution in [0.4, 0.5) is 5.82 Å². The summed E-state index contributed by atoms with van der Waals surface area (Å²) in [7, 11) is 0. The molecule has 2 heterocycles. The number of esters is 1. The van der Waals surface area contributed by atoms with Crippen molar-refractivity contribution < 1.29 is 9.53 Å². The van der Waals surface area contributed by atoms with Crippen molar-refractivity contribution in [2.24, 2.45) is 5.92 Å². The van der Waals surface area contributed by atoms with Gasteiger partial charge in [0, 0.05) is 5.02 Å². The molecule has 0 atom stereocenters. The summed E-state index contributed by atoms with van der Waals surface area (Å²) in [6.07, 6.45) is 0.781. The third-order valence-electron chi connectivity index (χ3n) is 4.98. The van der Waals surface area contributed by atoms with Crippen molar-refractivity contribution in [3.8, 4) is 0 Å². The van der Waals surface area contributed by atoms with Gasteiger partial charge in [0.05, 0.1) is 24.2 Å². The van der Waals surface area contributed by atoms with Gasteiger partial charge in [-0.05, 0) is 42.2 Å². The minimum atomic E-state index is -0.474. The van der Waals surface area contributed by atoms with Gasteiger partial charge >= 0.3 is 5.97 Å². The second kappa shape index (κ2) is 8.32. The van der Waals surface area contributed by atoms with Crippen LogP contribution in [0.25, 0.3) is 22.2 Å². The number of nitrogen functional groups attached to an aromatic ring is 1. The summed E-state index contributed by atoms with van der Waals surface area (Å²) in [6.45, 7) is 4.93. The number of anilines is 1. The first kappa shape index (κ1) is 20.2. The molecule has 2 aromatic heterocycles. The van der Waals surface area contributed by atoms with Gasteiger partial charge in [-0.1, -0.05) is 49.7 Å². The van der Waals surface area contributed by atoms with E-state index in [-0.39, 0.29) is 5.56 Å². The number of rotatable bonds is 6. The monoisotopic (exact) mass is 422 g/mol. The molecule has 0 bridgehead atoms. The first-order valence-corrected chi connectivity index (χ1v) is 10.3. The van der Waals surface area contributed by atoms with Crippen molar-refractivity contribution in [2.75, 3.05) is 12.3 Å². The maximum atomic E-state index is 12.9. The molecule has 0 amide bonds.